The van der Waals surface area contributed by atoms with Gasteiger partial charge in [-0.05, 0) is 29.2 Å². The van der Waals surface area contributed by atoms with E-state index in [1.807, 2.05) is 32.0 Å². The standard InChI is InChI=1S/C11H12N2O2S/c1-11(2,6-10(14)15)7-3-4-8-9(5-7)16-13-12-8/h3-5H,6H2,1-2H3,(H,14,15). The highest BCUT2D eigenvalue weighted by Crippen LogP contribution is 2.30. The van der Waals surface area contributed by atoms with Crippen LogP contribution in [0.3, 0.4) is 0 Å². The van der Waals surface area contributed by atoms with E-state index in [2.05, 4.69) is 9.59 Å². The van der Waals surface area contributed by atoms with Crippen LogP contribution in [0.5, 0.6) is 0 Å². The third-order valence-corrected chi connectivity index (χ3v) is 3.31. The average Bonchev–Trinajstić information content (AvgIpc) is 2.61. The van der Waals surface area contributed by atoms with E-state index in [9.17, 15) is 4.79 Å². The number of fused-ring (bicyclic) bond motifs is 1. The topological polar surface area (TPSA) is 63.1 Å². The van der Waals surface area contributed by atoms with Crippen molar-refractivity contribution in [3.63, 3.8) is 0 Å². The lowest BCUT2D eigenvalue weighted by molar-refractivity contribution is -0.138. The van der Waals surface area contributed by atoms with E-state index >= 15 is 0 Å². The van der Waals surface area contributed by atoms with Gasteiger partial charge in [-0.2, -0.15) is 0 Å². The predicted molar refractivity (Wildman–Crippen MR) is 62.7 cm³/mol. The molecule has 0 aliphatic heterocycles. The second-order valence-corrected chi connectivity index (χ2v) is 5.20. The largest absolute Gasteiger partial charge is 0.481 e. The lowest BCUT2D eigenvalue weighted by Gasteiger charge is -2.22. The first-order valence-electron chi connectivity index (χ1n) is 4.93. The maximum Gasteiger partial charge on any atom is 0.304 e. The van der Waals surface area contributed by atoms with E-state index in [-0.39, 0.29) is 11.8 Å². The lowest BCUT2D eigenvalue weighted by atomic mass is 9.81. The quantitative estimate of drug-likeness (QED) is 0.889. The Morgan fingerprint density at radius 1 is 1.50 bits per heavy atom. The minimum absolute atomic E-state index is 0.116. The van der Waals surface area contributed by atoms with E-state index in [4.69, 9.17) is 5.11 Å². The molecule has 1 aromatic heterocycles. The first-order valence-corrected chi connectivity index (χ1v) is 5.71. The van der Waals surface area contributed by atoms with Crippen LogP contribution in [0.2, 0.25) is 0 Å². The van der Waals surface area contributed by atoms with Crippen LogP contribution in [0, 0.1) is 0 Å². The molecule has 1 N–H and O–H groups in total. The Morgan fingerprint density at radius 2 is 2.25 bits per heavy atom. The molecule has 1 aromatic carbocycles. The highest BCUT2D eigenvalue weighted by atomic mass is 32.1. The smallest absolute Gasteiger partial charge is 0.304 e. The van der Waals surface area contributed by atoms with Crippen molar-refractivity contribution >= 4 is 27.7 Å². The first-order chi connectivity index (χ1) is 7.49. The average molecular weight is 236 g/mol. The zero-order valence-electron chi connectivity index (χ0n) is 9.10. The number of carbonyl (C=O) groups is 1. The maximum atomic E-state index is 10.8. The van der Waals surface area contributed by atoms with Gasteiger partial charge in [0.2, 0.25) is 0 Å². The minimum atomic E-state index is -0.785. The van der Waals surface area contributed by atoms with Crippen LogP contribution in [0.4, 0.5) is 0 Å². The third-order valence-electron chi connectivity index (χ3n) is 2.62. The van der Waals surface area contributed by atoms with Crippen molar-refractivity contribution in [2.45, 2.75) is 25.7 Å². The van der Waals surface area contributed by atoms with Crippen molar-refractivity contribution in [3.8, 4) is 0 Å². The summed E-state index contributed by atoms with van der Waals surface area (Å²) in [5, 5.41) is 12.8. The Hall–Kier alpha value is -1.49. The molecule has 1 heterocycles. The molecule has 0 bridgehead atoms. The summed E-state index contributed by atoms with van der Waals surface area (Å²) in [7, 11) is 0. The number of rotatable bonds is 3. The van der Waals surface area contributed by atoms with Crippen LogP contribution in [0.15, 0.2) is 18.2 Å². The molecule has 4 nitrogen and oxygen atoms in total. The van der Waals surface area contributed by atoms with Crippen LogP contribution >= 0.6 is 11.5 Å². The molecule has 5 heteroatoms. The Balaban J connectivity index is 2.41. The fourth-order valence-electron chi connectivity index (χ4n) is 1.68. The van der Waals surface area contributed by atoms with E-state index in [1.165, 1.54) is 11.5 Å². The summed E-state index contributed by atoms with van der Waals surface area (Å²) < 4.78 is 4.86. The first kappa shape index (κ1) is 11.0. The van der Waals surface area contributed by atoms with Gasteiger partial charge in [0.25, 0.3) is 0 Å². The van der Waals surface area contributed by atoms with E-state index in [0.717, 1.165) is 15.8 Å². The van der Waals surface area contributed by atoms with Gasteiger partial charge >= 0.3 is 5.97 Å². The molecule has 0 atom stereocenters. The summed E-state index contributed by atoms with van der Waals surface area (Å²) in [6, 6.07) is 5.79. The van der Waals surface area contributed by atoms with Crippen molar-refractivity contribution < 1.29 is 9.90 Å². The van der Waals surface area contributed by atoms with Crippen molar-refractivity contribution in [2.75, 3.05) is 0 Å². The Morgan fingerprint density at radius 3 is 2.94 bits per heavy atom. The molecule has 0 spiro atoms. The number of aromatic nitrogens is 2. The molecule has 0 saturated carbocycles. The van der Waals surface area contributed by atoms with Crippen LogP contribution in [-0.2, 0) is 10.2 Å². The molecule has 0 aliphatic rings. The second-order valence-electron chi connectivity index (χ2n) is 4.41. The molecule has 0 fully saturated rings. The lowest BCUT2D eigenvalue weighted by Crippen LogP contribution is -2.21. The molecule has 2 aromatic rings. The van der Waals surface area contributed by atoms with Crippen LogP contribution in [0.25, 0.3) is 10.2 Å². The fourth-order valence-corrected chi connectivity index (χ4v) is 2.28. The van der Waals surface area contributed by atoms with Crippen LogP contribution < -0.4 is 0 Å². The predicted octanol–water partition coefficient (Wildman–Crippen LogP) is 2.44. The Kier molecular flexibility index (Phi) is 2.63. The molecule has 0 amide bonds. The van der Waals surface area contributed by atoms with Gasteiger partial charge in [0, 0.05) is 5.41 Å². The van der Waals surface area contributed by atoms with Gasteiger partial charge in [-0.3, -0.25) is 4.79 Å². The molecule has 0 saturated heterocycles. The van der Waals surface area contributed by atoms with Gasteiger partial charge in [-0.1, -0.05) is 24.4 Å². The summed E-state index contributed by atoms with van der Waals surface area (Å²) in [6.45, 7) is 3.85. The molecule has 84 valence electrons. The molecule has 0 unspecified atom stereocenters. The summed E-state index contributed by atoms with van der Waals surface area (Å²) in [6.07, 6.45) is 0.116. The normalized spacial score (nSPS) is 11.9. The molecule has 2 rings (SSSR count). The molecular weight excluding hydrogens is 224 g/mol. The molecule has 0 radical (unpaired) electrons. The maximum absolute atomic E-state index is 10.8. The number of aliphatic carboxylic acids is 1. The minimum Gasteiger partial charge on any atom is -0.481 e. The Bertz CT molecular complexity index is 534. The van der Waals surface area contributed by atoms with Crippen molar-refractivity contribution in [2.24, 2.45) is 0 Å². The third kappa shape index (κ3) is 2.04. The van der Waals surface area contributed by atoms with Gasteiger partial charge in [0.05, 0.1) is 11.1 Å². The van der Waals surface area contributed by atoms with Gasteiger partial charge < -0.3 is 5.11 Å². The second kappa shape index (κ2) is 3.83. The summed E-state index contributed by atoms with van der Waals surface area (Å²) in [4.78, 5) is 10.8. The SMILES string of the molecule is CC(C)(CC(=O)O)c1ccc2nnsc2c1. The van der Waals surface area contributed by atoms with Gasteiger partial charge in [-0.25, -0.2) is 0 Å². The van der Waals surface area contributed by atoms with Gasteiger partial charge in [0.15, 0.2) is 0 Å². The molecule has 0 aliphatic carbocycles. The number of carboxylic acid groups (broad SMARTS) is 1. The number of nitrogens with zero attached hydrogens (tertiary/aromatic N) is 2. The fraction of sp³-hybridized carbons (Fsp3) is 0.364. The number of carboxylic acids is 1. The summed E-state index contributed by atoms with van der Waals surface area (Å²) in [5.41, 5.74) is 1.50. The van der Waals surface area contributed by atoms with Crippen molar-refractivity contribution in [1.82, 2.24) is 9.59 Å². The summed E-state index contributed by atoms with van der Waals surface area (Å²) >= 11 is 1.33. The van der Waals surface area contributed by atoms with Crippen molar-refractivity contribution in [1.29, 1.82) is 0 Å². The van der Waals surface area contributed by atoms with Crippen LogP contribution in [0.1, 0.15) is 25.8 Å². The van der Waals surface area contributed by atoms with Gasteiger partial charge in [-0.15, -0.1) is 5.10 Å². The van der Waals surface area contributed by atoms with E-state index < -0.39 is 5.97 Å². The Labute approximate surface area is 97.1 Å². The highest BCUT2D eigenvalue weighted by molar-refractivity contribution is 7.12. The molecular formula is C11H12N2O2S. The number of benzene rings is 1. The van der Waals surface area contributed by atoms with Gasteiger partial charge in [0.1, 0.15) is 5.52 Å². The number of hydrogen-bond donors (Lipinski definition) is 1. The van der Waals surface area contributed by atoms with E-state index in [1.54, 1.807) is 0 Å². The highest BCUT2D eigenvalue weighted by Gasteiger charge is 2.24. The van der Waals surface area contributed by atoms with Crippen molar-refractivity contribution in [3.05, 3.63) is 23.8 Å². The summed E-state index contributed by atoms with van der Waals surface area (Å²) in [5.74, 6) is -0.785. The monoisotopic (exact) mass is 236 g/mol. The van der Waals surface area contributed by atoms with Crippen LogP contribution in [-0.4, -0.2) is 20.7 Å². The number of hydrogen-bond acceptors (Lipinski definition) is 4. The zero-order valence-corrected chi connectivity index (χ0v) is 9.91. The molecule has 16 heavy (non-hydrogen) atoms. The van der Waals surface area contributed by atoms with E-state index in [0.29, 0.717) is 0 Å². The zero-order chi connectivity index (χ0) is 11.8.